The van der Waals surface area contributed by atoms with Gasteiger partial charge in [-0.15, -0.1) is 11.8 Å². The van der Waals surface area contributed by atoms with E-state index in [-0.39, 0.29) is 22.7 Å². The highest BCUT2D eigenvalue weighted by molar-refractivity contribution is 8.00. The lowest BCUT2D eigenvalue weighted by molar-refractivity contribution is -0.113. The molecule has 0 aliphatic carbocycles. The van der Waals surface area contributed by atoms with E-state index < -0.39 is 0 Å². The van der Waals surface area contributed by atoms with E-state index in [1.54, 1.807) is 16.8 Å². The third-order valence-corrected chi connectivity index (χ3v) is 5.83. The van der Waals surface area contributed by atoms with Crippen LogP contribution < -0.4 is 5.32 Å². The Balaban J connectivity index is 1.92. The van der Waals surface area contributed by atoms with Crippen LogP contribution in [0.2, 0.25) is 5.02 Å². The maximum Gasteiger partial charge on any atom is 0.235 e. The van der Waals surface area contributed by atoms with E-state index in [0.717, 1.165) is 16.8 Å². The van der Waals surface area contributed by atoms with Crippen LogP contribution in [0.4, 0.5) is 10.2 Å². The topological polar surface area (TPSA) is 46.9 Å². The Morgan fingerprint density at radius 1 is 1.27 bits per heavy atom. The van der Waals surface area contributed by atoms with Crippen molar-refractivity contribution in [3.63, 3.8) is 0 Å². The third-order valence-electron chi connectivity index (χ3n) is 4.24. The fourth-order valence-corrected chi connectivity index (χ4v) is 4.51. The summed E-state index contributed by atoms with van der Waals surface area (Å²) in [5.74, 6) is 0.435. The van der Waals surface area contributed by atoms with Crippen molar-refractivity contribution in [3.05, 3.63) is 76.2 Å². The number of nitrogens with zero attached hydrogens (tertiary/aromatic N) is 2. The first-order chi connectivity index (χ1) is 12.5. The molecule has 0 spiro atoms. The Hall–Kier alpha value is -2.31. The summed E-state index contributed by atoms with van der Waals surface area (Å²) in [6.07, 6.45) is 0. The number of nitrogens with one attached hydrogen (secondary N) is 1. The molecule has 2 heterocycles. The summed E-state index contributed by atoms with van der Waals surface area (Å²) in [5.41, 5.74) is 3.12. The number of carbonyl (C=O) groups excluding carboxylic acids is 1. The predicted molar refractivity (Wildman–Crippen MR) is 103 cm³/mol. The second-order valence-electron chi connectivity index (χ2n) is 6.01. The van der Waals surface area contributed by atoms with Crippen molar-refractivity contribution in [1.82, 2.24) is 9.78 Å². The largest absolute Gasteiger partial charge is 0.310 e. The molecule has 0 bridgehead atoms. The fourth-order valence-electron chi connectivity index (χ4n) is 3.11. The molecule has 0 radical (unpaired) electrons. The van der Waals surface area contributed by atoms with Gasteiger partial charge in [0.2, 0.25) is 5.91 Å². The van der Waals surface area contributed by atoms with E-state index >= 15 is 0 Å². The van der Waals surface area contributed by atoms with Gasteiger partial charge in [-0.05, 0) is 36.8 Å². The number of carbonyl (C=O) groups is 1. The molecule has 4 nitrogen and oxygen atoms in total. The van der Waals surface area contributed by atoms with Crippen molar-refractivity contribution in [1.29, 1.82) is 0 Å². The van der Waals surface area contributed by atoms with Crippen molar-refractivity contribution in [2.45, 2.75) is 12.2 Å². The highest BCUT2D eigenvalue weighted by Crippen LogP contribution is 2.44. The van der Waals surface area contributed by atoms with Gasteiger partial charge in [0.25, 0.3) is 0 Å². The molecule has 3 aromatic rings. The zero-order valence-corrected chi connectivity index (χ0v) is 15.4. The Labute approximate surface area is 159 Å². The molecular formula is C19H15ClFN3OS. The molecule has 1 atom stereocenters. The van der Waals surface area contributed by atoms with Gasteiger partial charge >= 0.3 is 0 Å². The van der Waals surface area contributed by atoms with E-state index in [2.05, 4.69) is 10.4 Å². The van der Waals surface area contributed by atoms with Gasteiger partial charge in [-0.1, -0.05) is 35.9 Å². The first kappa shape index (κ1) is 17.1. The normalized spacial score (nSPS) is 16.7. The minimum Gasteiger partial charge on any atom is -0.310 e. The van der Waals surface area contributed by atoms with Gasteiger partial charge < -0.3 is 5.32 Å². The molecule has 1 aliphatic heterocycles. The van der Waals surface area contributed by atoms with Crippen LogP contribution in [0.3, 0.4) is 0 Å². The molecule has 1 amide bonds. The lowest BCUT2D eigenvalue weighted by Crippen LogP contribution is -2.16. The monoisotopic (exact) mass is 387 g/mol. The highest BCUT2D eigenvalue weighted by Gasteiger charge is 2.31. The summed E-state index contributed by atoms with van der Waals surface area (Å²) in [6.45, 7) is 1.89. The SMILES string of the molecule is Cc1nn(-c2ccccc2Cl)c2c1[C@H](c1cccc(F)c1)SCC(=O)N2. The summed E-state index contributed by atoms with van der Waals surface area (Å²) in [4.78, 5) is 12.3. The molecule has 0 saturated carbocycles. The number of aryl methyl sites for hydroxylation is 1. The zero-order valence-electron chi connectivity index (χ0n) is 13.9. The van der Waals surface area contributed by atoms with Crippen LogP contribution in [0.1, 0.15) is 22.1 Å². The highest BCUT2D eigenvalue weighted by atomic mass is 35.5. The molecule has 0 unspecified atom stereocenters. The van der Waals surface area contributed by atoms with Crippen LogP contribution in [0.5, 0.6) is 0 Å². The number of para-hydroxylation sites is 1. The summed E-state index contributed by atoms with van der Waals surface area (Å²) in [5, 5.41) is 7.88. The molecule has 132 valence electrons. The lowest BCUT2D eigenvalue weighted by atomic mass is 10.0. The Kier molecular flexibility index (Phi) is 4.46. The summed E-state index contributed by atoms with van der Waals surface area (Å²) >= 11 is 7.79. The summed E-state index contributed by atoms with van der Waals surface area (Å²) < 4.78 is 15.4. The third kappa shape index (κ3) is 2.99. The molecular weight excluding hydrogens is 373 g/mol. The standard InChI is InChI=1S/C19H15ClFN3OS/c1-11-17-18(12-5-4-6-13(21)9-12)26-10-16(25)22-19(17)24(23-11)15-8-3-2-7-14(15)20/h2-9,18H,10H2,1H3,(H,22,25)/t18-/m0/s1. The molecule has 0 fully saturated rings. The number of amides is 1. The Morgan fingerprint density at radius 3 is 2.85 bits per heavy atom. The number of benzene rings is 2. The second kappa shape index (κ2) is 6.78. The van der Waals surface area contributed by atoms with Gasteiger partial charge in [0.1, 0.15) is 11.6 Å². The van der Waals surface area contributed by atoms with Gasteiger partial charge in [0.05, 0.1) is 27.4 Å². The van der Waals surface area contributed by atoms with Crippen LogP contribution in [0.15, 0.2) is 48.5 Å². The van der Waals surface area contributed by atoms with Crippen LogP contribution in [0, 0.1) is 12.7 Å². The van der Waals surface area contributed by atoms with E-state index in [1.165, 1.54) is 23.9 Å². The number of fused-ring (bicyclic) bond motifs is 1. The van der Waals surface area contributed by atoms with Crippen molar-refractivity contribution >= 4 is 35.1 Å². The Morgan fingerprint density at radius 2 is 2.08 bits per heavy atom. The average molecular weight is 388 g/mol. The fraction of sp³-hybridized carbons (Fsp3) is 0.158. The molecule has 2 aromatic carbocycles. The minimum absolute atomic E-state index is 0.122. The molecule has 4 rings (SSSR count). The molecule has 26 heavy (non-hydrogen) atoms. The van der Waals surface area contributed by atoms with Gasteiger partial charge in [0, 0.05) is 5.56 Å². The van der Waals surface area contributed by atoms with Crippen molar-refractivity contribution in [2.24, 2.45) is 0 Å². The molecule has 1 aromatic heterocycles. The van der Waals surface area contributed by atoms with Gasteiger partial charge in [0.15, 0.2) is 0 Å². The minimum atomic E-state index is -0.302. The number of hydrogen-bond acceptors (Lipinski definition) is 3. The zero-order chi connectivity index (χ0) is 18.3. The number of anilines is 1. The van der Waals surface area contributed by atoms with Crippen LogP contribution in [-0.2, 0) is 4.79 Å². The maximum atomic E-state index is 13.8. The molecule has 7 heteroatoms. The Bertz CT molecular complexity index is 1000. The number of aromatic nitrogens is 2. The summed E-state index contributed by atoms with van der Waals surface area (Å²) in [7, 11) is 0. The average Bonchev–Trinajstić information content (AvgIpc) is 2.82. The predicted octanol–water partition coefficient (Wildman–Crippen LogP) is 4.75. The van der Waals surface area contributed by atoms with Crippen molar-refractivity contribution in [3.8, 4) is 5.69 Å². The number of halogens is 2. The summed E-state index contributed by atoms with van der Waals surface area (Å²) in [6, 6.07) is 13.8. The van der Waals surface area contributed by atoms with E-state index in [1.807, 2.05) is 31.2 Å². The second-order valence-corrected chi connectivity index (χ2v) is 7.51. The molecule has 1 N–H and O–H groups in total. The lowest BCUT2D eigenvalue weighted by Gasteiger charge is -2.15. The van der Waals surface area contributed by atoms with E-state index in [0.29, 0.717) is 16.5 Å². The number of rotatable bonds is 2. The van der Waals surface area contributed by atoms with Crippen LogP contribution >= 0.6 is 23.4 Å². The smallest absolute Gasteiger partial charge is 0.235 e. The van der Waals surface area contributed by atoms with Gasteiger partial charge in [-0.3, -0.25) is 4.79 Å². The quantitative estimate of drug-likeness (QED) is 0.690. The first-order valence-electron chi connectivity index (χ1n) is 8.06. The van der Waals surface area contributed by atoms with Crippen LogP contribution in [-0.4, -0.2) is 21.4 Å². The van der Waals surface area contributed by atoms with E-state index in [4.69, 9.17) is 11.6 Å². The first-order valence-corrected chi connectivity index (χ1v) is 9.48. The van der Waals surface area contributed by atoms with Crippen LogP contribution in [0.25, 0.3) is 5.69 Å². The van der Waals surface area contributed by atoms with Gasteiger partial charge in [-0.2, -0.15) is 5.10 Å². The van der Waals surface area contributed by atoms with E-state index in [9.17, 15) is 9.18 Å². The molecule has 1 aliphatic rings. The number of hydrogen-bond donors (Lipinski definition) is 1. The van der Waals surface area contributed by atoms with Crippen molar-refractivity contribution in [2.75, 3.05) is 11.1 Å². The maximum absolute atomic E-state index is 13.8. The molecule has 0 saturated heterocycles. The van der Waals surface area contributed by atoms with Crippen molar-refractivity contribution < 1.29 is 9.18 Å². The van der Waals surface area contributed by atoms with Gasteiger partial charge in [-0.25, -0.2) is 9.07 Å². The number of thioether (sulfide) groups is 1.